The van der Waals surface area contributed by atoms with Crippen molar-refractivity contribution in [2.24, 2.45) is 0 Å². The summed E-state index contributed by atoms with van der Waals surface area (Å²) in [5.74, 6) is 0.251. The van der Waals surface area contributed by atoms with E-state index in [0.717, 1.165) is 56.8 Å². The number of rotatable bonds is 19. The maximum atomic E-state index is 13.2. The molecule has 248 valence electrons. The standard InChI is InChI=1S/C36H40N2O7S2/c1-44-31-20-17-28(18-21-31)12-7-4-2-3-5-10-25-45-35-23-19-30(37-34(35)22-24-36(39)40)27-46(41)32-14-11-13-29(26-32)38-47(42,43)33-15-8-6-9-16-33/h6,8-9,11,13-24,26,38H,2-5,7,10,12,25,27H2,1H3,(H,39,40)/b24-22+. The van der Waals surface area contributed by atoms with Crippen molar-refractivity contribution < 1.29 is 32.0 Å². The number of aliphatic carboxylic acids is 1. The maximum Gasteiger partial charge on any atom is 0.328 e. The number of hydrogen-bond donors (Lipinski definition) is 2. The molecular weight excluding hydrogens is 637 g/mol. The predicted molar refractivity (Wildman–Crippen MR) is 185 cm³/mol. The zero-order valence-corrected chi connectivity index (χ0v) is 28.0. The van der Waals surface area contributed by atoms with E-state index in [2.05, 4.69) is 21.8 Å². The van der Waals surface area contributed by atoms with Gasteiger partial charge in [0.05, 0.1) is 46.5 Å². The molecule has 0 bridgehead atoms. The number of hydrogen-bond acceptors (Lipinski definition) is 7. The molecular formula is C36H40N2O7S2. The highest BCUT2D eigenvalue weighted by molar-refractivity contribution is 7.92. The van der Waals surface area contributed by atoms with Gasteiger partial charge in [-0.3, -0.25) is 8.93 Å². The van der Waals surface area contributed by atoms with Crippen LogP contribution in [0.2, 0.25) is 0 Å². The van der Waals surface area contributed by atoms with Crippen LogP contribution in [0.15, 0.2) is 107 Å². The zero-order chi connectivity index (χ0) is 33.5. The Kier molecular flexibility index (Phi) is 13.6. The highest BCUT2D eigenvalue weighted by atomic mass is 32.2. The van der Waals surface area contributed by atoms with Gasteiger partial charge in [0.25, 0.3) is 10.0 Å². The number of aryl methyl sites for hydroxylation is 1. The van der Waals surface area contributed by atoms with Gasteiger partial charge in [-0.2, -0.15) is 0 Å². The molecule has 0 aliphatic heterocycles. The first-order valence-corrected chi connectivity index (χ1v) is 18.3. The molecule has 11 heteroatoms. The predicted octanol–water partition coefficient (Wildman–Crippen LogP) is 7.26. The zero-order valence-electron chi connectivity index (χ0n) is 26.3. The number of benzene rings is 3. The average molecular weight is 677 g/mol. The number of anilines is 1. The fourth-order valence-electron chi connectivity index (χ4n) is 4.82. The summed E-state index contributed by atoms with van der Waals surface area (Å²) in [5, 5.41) is 9.17. The number of aromatic nitrogens is 1. The molecule has 1 atom stereocenters. The third-order valence-electron chi connectivity index (χ3n) is 7.29. The lowest BCUT2D eigenvalue weighted by molar-refractivity contribution is -0.131. The van der Waals surface area contributed by atoms with Crippen molar-refractivity contribution in [3.8, 4) is 11.5 Å². The molecule has 47 heavy (non-hydrogen) atoms. The summed E-state index contributed by atoms with van der Waals surface area (Å²) in [7, 11) is -3.69. The van der Waals surface area contributed by atoms with Crippen LogP contribution in [0, 0.1) is 0 Å². The summed E-state index contributed by atoms with van der Waals surface area (Å²) >= 11 is 0. The van der Waals surface area contributed by atoms with Crippen molar-refractivity contribution in [1.82, 2.24) is 4.98 Å². The van der Waals surface area contributed by atoms with E-state index >= 15 is 0 Å². The molecule has 0 amide bonds. The summed E-state index contributed by atoms with van der Waals surface area (Å²) in [6, 6.07) is 26.0. The number of carboxylic acids is 1. The molecule has 0 saturated carbocycles. The van der Waals surface area contributed by atoms with E-state index in [1.54, 1.807) is 55.6 Å². The number of nitrogens with zero attached hydrogens (tertiary/aromatic N) is 1. The number of sulfonamides is 1. The molecule has 1 heterocycles. The Bertz CT molecular complexity index is 1760. The van der Waals surface area contributed by atoms with E-state index in [0.29, 0.717) is 28.6 Å². The number of pyridine rings is 1. The van der Waals surface area contributed by atoms with Gasteiger partial charge < -0.3 is 14.6 Å². The molecule has 0 aliphatic rings. The molecule has 0 spiro atoms. The fraction of sp³-hybridized carbons (Fsp3) is 0.278. The second kappa shape index (κ2) is 18.0. The van der Waals surface area contributed by atoms with Crippen molar-refractivity contribution in [2.45, 2.75) is 60.5 Å². The Labute approximate surface area is 279 Å². The maximum absolute atomic E-state index is 13.2. The van der Waals surface area contributed by atoms with E-state index in [9.17, 15) is 22.5 Å². The van der Waals surface area contributed by atoms with Crippen LogP contribution in [0.1, 0.15) is 55.5 Å². The van der Waals surface area contributed by atoms with Crippen LogP contribution in [-0.2, 0) is 37.8 Å². The quantitative estimate of drug-likeness (QED) is 0.0784. The number of nitrogens with one attached hydrogen (secondary N) is 1. The largest absolute Gasteiger partial charge is 0.497 e. The van der Waals surface area contributed by atoms with Gasteiger partial charge in [0, 0.05) is 11.0 Å². The van der Waals surface area contributed by atoms with E-state index in [1.165, 1.54) is 29.8 Å². The summed E-state index contributed by atoms with van der Waals surface area (Å²) in [6.07, 6.45) is 9.86. The number of ether oxygens (including phenoxy) is 2. The second-order valence-electron chi connectivity index (χ2n) is 10.9. The molecule has 0 radical (unpaired) electrons. The second-order valence-corrected chi connectivity index (χ2v) is 14.0. The third kappa shape index (κ3) is 11.7. The van der Waals surface area contributed by atoms with E-state index in [-0.39, 0.29) is 16.3 Å². The van der Waals surface area contributed by atoms with Crippen molar-refractivity contribution >= 4 is 38.6 Å². The smallest absolute Gasteiger partial charge is 0.328 e. The van der Waals surface area contributed by atoms with Crippen LogP contribution in [0.25, 0.3) is 6.08 Å². The summed E-state index contributed by atoms with van der Waals surface area (Å²) in [6.45, 7) is 0.471. The highest BCUT2D eigenvalue weighted by Gasteiger charge is 2.15. The molecule has 1 unspecified atom stereocenters. The monoisotopic (exact) mass is 676 g/mol. The SMILES string of the molecule is COc1ccc(CCCCCCCCOc2ccc(CS(=O)c3cccc(NS(=O)(=O)c4ccccc4)c3)nc2/C=C/C(=O)O)cc1. The average Bonchev–Trinajstić information content (AvgIpc) is 3.07. The van der Waals surface area contributed by atoms with Crippen LogP contribution >= 0.6 is 0 Å². The van der Waals surface area contributed by atoms with Crippen LogP contribution < -0.4 is 14.2 Å². The molecule has 2 N–H and O–H groups in total. The van der Waals surface area contributed by atoms with Crippen molar-refractivity contribution in [3.05, 3.63) is 114 Å². The topological polar surface area (TPSA) is 132 Å². The molecule has 3 aromatic carbocycles. The lowest BCUT2D eigenvalue weighted by Crippen LogP contribution is -2.13. The Morgan fingerprint density at radius 2 is 1.62 bits per heavy atom. The van der Waals surface area contributed by atoms with Gasteiger partial charge in [0.1, 0.15) is 17.2 Å². The van der Waals surface area contributed by atoms with Crippen LogP contribution in [0.5, 0.6) is 11.5 Å². The normalized spacial score (nSPS) is 12.1. The first-order chi connectivity index (χ1) is 22.7. The molecule has 1 aromatic heterocycles. The number of carboxylic acid groups (broad SMARTS) is 1. The van der Waals surface area contributed by atoms with Gasteiger partial charge in [-0.15, -0.1) is 0 Å². The van der Waals surface area contributed by atoms with Crippen LogP contribution in [-0.4, -0.2) is 42.4 Å². The third-order valence-corrected chi connectivity index (χ3v) is 10.0. The molecule has 4 aromatic rings. The van der Waals surface area contributed by atoms with Gasteiger partial charge in [0.15, 0.2) is 0 Å². The van der Waals surface area contributed by atoms with Crippen molar-refractivity contribution in [1.29, 1.82) is 0 Å². The lowest BCUT2D eigenvalue weighted by Gasteiger charge is -2.11. The summed E-state index contributed by atoms with van der Waals surface area (Å²) in [4.78, 5) is 16.3. The molecule has 0 aliphatic carbocycles. The Hall–Kier alpha value is -4.48. The Morgan fingerprint density at radius 1 is 0.894 bits per heavy atom. The number of unbranched alkanes of at least 4 members (excludes halogenated alkanes) is 5. The minimum absolute atomic E-state index is 0.0432. The Morgan fingerprint density at radius 3 is 2.34 bits per heavy atom. The van der Waals surface area contributed by atoms with E-state index in [1.807, 2.05) is 12.1 Å². The minimum atomic E-state index is -3.80. The van der Waals surface area contributed by atoms with Crippen LogP contribution in [0.3, 0.4) is 0 Å². The molecule has 0 fully saturated rings. The van der Waals surface area contributed by atoms with Gasteiger partial charge in [-0.1, -0.05) is 62.1 Å². The van der Waals surface area contributed by atoms with Crippen molar-refractivity contribution in [3.63, 3.8) is 0 Å². The number of methoxy groups -OCH3 is 1. The van der Waals surface area contributed by atoms with Gasteiger partial charge in [-0.25, -0.2) is 18.2 Å². The molecule has 9 nitrogen and oxygen atoms in total. The Balaban J connectivity index is 1.27. The van der Waals surface area contributed by atoms with Crippen molar-refractivity contribution in [2.75, 3.05) is 18.4 Å². The van der Waals surface area contributed by atoms with Gasteiger partial charge in [0.2, 0.25) is 0 Å². The van der Waals surface area contributed by atoms with E-state index in [4.69, 9.17) is 9.47 Å². The number of carbonyl (C=O) groups is 1. The fourth-order valence-corrected chi connectivity index (χ4v) is 6.98. The van der Waals surface area contributed by atoms with Gasteiger partial charge in [-0.05, 0) is 85.5 Å². The first kappa shape index (κ1) is 35.4. The van der Waals surface area contributed by atoms with Crippen LogP contribution in [0.4, 0.5) is 5.69 Å². The minimum Gasteiger partial charge on any atom is -0.497 e. The summed E-state index contributed by atoms with van der Waals surface area (Å²) < 4.78 is 52.4. The summed E-state index contributed by atoms with van der Waals surface area (Å²) in [5.41, 5.74) is 2.42. The molecule has 0 saturated heterocycles. The lowest BCUT2D eigenvalue weighted by atomic mass is 10.0. The van der Waals surface area contributed by atoms with E-state index < -0.39 is 26.8 Å². The highest BCUT2D eigenvalue weighted by Crippen LogP contribution is 2.23. The first-order valence-electron chi connectivity index (χ1n) is 15.5. The molecule has 4 rings (SSSR count). The van der Waals surface area contributed by atoms with Gasteiger partial charge >= 0.3 is 5.97 Å².